The molecule has 3 rings (SSSR count). The van der Waals surface area contributed by atoms with Gasteiger partial charge in [0.15, 0.2) is 0 Å². The van der Waals surface area contributed by atoms with Crippen molar-refractivity contribution in [2.75, 3.05) is 5.73 Å². The van der Waals surface area contributed by atoms with E-state index in [9.17, 15) is 10.1 Å². The highest BCUT2D eigenvalue weighted by Gasteiger charge is 2.18. The number of nitriles is 1. The van der Waals surface area contributed by atoms with Gasteiger partial charge in [-0.3, -0.25) is 9.78 Å². The van der Waals surface area contributed by atoms with Crippen molar-refractivity contribution in [1.29, 1.82) is 5.26 Å². The molecule has 2 heterocycles. The second-order valence-electron chi connectivity index (χ2n) is 5.38. The molecule has 3 aromatic rings. The summed E-state index contributed by atoms with van der Waals surface area (Å²) in [6, 6.07) is 14.9. The van der Waals surface area contributed by atoms with E-state index in [0.717, 1.165) is 11.3 Å². The lowest BCUT2D eigenvalue weighted by molar-refractivity contribution is -0.120. The Kier molecular flexibility index (Phi) is 4.72. The number of amides is 1. The maximum Gasteiger partial charge on any atom is 0.226 e. The maximum atomic E-state index is 12.2. The van der Waals surface area contributed by atoms with Crippen LogP contribution < -0.4 is 11.1 Å². The Labute approximate surface area is 144 Å². The zero-order valence-electron chi connectivity index (χ0n) is 13.4. The molecule has 0 unspecified atom stereocenters. The van der Waals surface area contributed by atoms with Crippen LogP contribution in [0, 0.1) is 11.3 Å². The van der Waals surface area contributed by atoms with E-state index in [1.165, 1.54) is 4.68 Å². The lowest BCUT2D eigenvalue weighted by atomic mass is 10.2. The average molecular weight is 332 g/mol. The normalized spacial score (nSPS) is 10.2. The number of nitrogen functional groups attached to an aromatic ring is 1. The highest BCUT2D eigenvalue weighted by Crippen LogP contribution is 2.20. The van der Waals surface area contributed by atoms with E-state index in [2.05, 4.69) is 15.4 Å². The minimum atomic E-state index is -0.238. The highest BCUT2D eigenvalue weighted by atomic mass is 16.1. The van der Waals surface area contributed by atoms with E-state index < -0.39 is 0 Å². The fraction of sp³-hybridized carbons (Fsp3) is 0.111. The molecular weight excluding hydrogens is 316 g/mol. The van der Waals surface area contributed by atoms with Gasteiger partial charge in [0.25, 0.3) is 0 Å². The molecule has 25 heavy (non-hydrogen) atoms. The Morgan fingerprint density at radius 3 is 2.72 bits per heavy atom. The molecule has 0 atom stereocenters. The van der Waals surface area contributed by atoms with Crippen LogP contribution in [0.3, 0.4) is 0 Å². The molecule has 2 aromatic heterocycles. The predicted octanol–water partition coefficient (Wildman–Crippen LogP) is 1.58. The average Bonchev–Trinajstić information content (AvgIpc) is 2.97. The summed E-state index contributed by atoms with van der Waals surface area (Å²) in [7, 11) is 0. The van der Waals surface area contributed by atoms with Crippen molar-refractivity contribution in [3.8, 4) is 11.8 Å². The van der Waals surface area contributed by atoms with Crippen LogP contribution in [0.25, 0.3) is 5.69 Å². The summed E-state index contributed by atoms with van der Waals surface area (Å²) in [5.41, 5.74) is 8.23. The zero-order chi connectivity index (χ0) is 17.6. The van der Waals surface area contributed by atoms with Crippen LogP contribution in [0.4, 0.5) is 5.82 Å². The molecule has 0 radical (unpaired) electrons. The number of aromatic nitrogens is 3. The van der Waals surface area contributed by atoms with Crippen molar-refractivity contribution < 1.29 is 4.79 Å². The summed E-state index contributed by atoms with van der Waals surface area (Å²) >= 11 is 0. The van der Waals surface area contributed by atoms with Crippen molar-refractivity contribution in [2.24, 2.45) is 0 Å². The van der Waals surface area contributed by atoms with Gasteiger partial charge in [-0.1, -0.05) is 24.3 Å². The number of hydrogen-bond donors (Lipinski definition) is 2. The van der Waals surface area contributed by atoms with E-state index >= 15 is 0 Å². The van der Waals surface area contributed by atoms with Gasteiger partial charge in [-0.15, -0.1) is 0 Å². The van der Waals surface area contributed by atoms with Crippen molar-refractivity contribution in [1.82, 2.24) is 20.1 Å². The van der Waals surface area contributed by atoms with Gasteiger partial charge in [0.05, 0.1) is 17.8 Å². The van der Waals surface area contributed by atoms with Crippen LogP contribution in [0.1, 0.15) is 16.8 Å². The second-order valence-corrected chi connectivity index (χ2v) is 5.38. The Morgan fingerprint density at radius 2 is 2.04 bits per heavy atom. The van der Waals surface area contributed by atoms with E-state index in [1.54, 1.807) is 18.5 Å². The number of carbonyl (C=O) groups excluding carboxylic acids is 1. The molecule has 0 spiro atoms. The van der Waals surface area contributed by atoms with Gasteiger partial charge in [-0.2, -0.15) is 10.4 Å². The molecule has 0 aliphatic heterocycles. The summed E-state index contributed by atoms with van der Waals surface area (Å²) < 4.78 is 1.47. The van der Waals surface area contributed by atoms with Crippen LogP contribution in [-0.4, -0.2) is 20.7 Å². The van der Waals surface area contributed by atoms with Crippen LogP contribution in [-0.2, 0) is 17.8 Å². The molecule has 0 fully saturated rings. The van der Waals surface area contributed by atoms with Gasteiger partial charge < -0.3 is 11.1 Å². The van der Waals surface area contributed by atoms with Gasteiger partial charge >= 0.3 is 0 Å². The molecule has 1 amide bonds. The number of para-hydroxylation sites is 1. The Morgan fingerprint density at radius 1 is 1.24 bits per heavy atom. The third-order valence-electron chi connectivity index (χ3n) is 3.65. The fourth-order valence-corrected chi connectivity index (χ4v) is 2.41. The number of pyridine rings is 1. The smallest absolute Gasteiger partial charge is 0.226 e. The van der Waals surface area contributed by atoms with E-state index in [4.69, 9.17) is 5.73 Å². The summed E-state index contributed by atoms with van der Waals surface area (Å²) in [6.07, 6.45) is 3.33. The largest absolute Gasteiger partial charge is 0.382 e. The minimum Gasteiger partial charge on any atom is -0.382 e. The number of anilines is 1. The van der Waals surface area contributed by atoms with Crippen molar-refractivity contribution in [3.05, 3.63) is 71.7 Å². The predicted molar refractivity (Wildman–Crippen MR) is 92.5 cm³/mol. The lowest BCUT2D eigenvalue weighted by Gasteiger charge is -2.04. The maximum absolute atomic E-state index is 12.2. The zero-order valence-corrected chi connectivity index (χ0v) is 13.4. The van der Waals surface area contributed by atoms with Crippen LogP contribution in [0.15, 0.2) is 54.9 Å². The van der Waals surface area contributed by atoms with E-state index in [0.29, 0.717) is 12.2 Å². The summed E-state index contributed by atoms with van der Waals surface area (Å²) in [5.74, 6) is -0.0122. The van der Waals surface area contributed by atoms with Gasteiger partial charge in [0.1, 0.15) is 17.5 Å². The summed E-state index contributed by atoms with van der Waals surface area (Å²) in [6.45, 7) is 0.365. The van der Waals surface area contributed by atoms with Gasteiger partial charge in [-0.25, -0.2) is 4.68 Å². The number of nitrogens with one attached hydrogen (secondary N) is 1. The topological polar surface area (TPSA) is 110 Å². The molecular formula is C18H16N6O. The van der Waals surface area contributed by atoms with Crippen LogP contribution in [0.2, 0.25) is 0 Å². The first-order chi connectivity index (χ1) is 12.2. The SMILES string of the molecule is N#Cc1c(CC(=O)NCc2cccnc2)nn(-c2ccccc2)c1N. The van der Waals surface area contributed by atoms with Crippen LogP contribution >= 0.6 is 0 Å². The van der Waals surface area contributed by atoms with Crippen LogP contribution in [0.5, 0.6) is 0 Å². The molecule has 1 aromatic carbocycles. The first-order valence-corrected chi connectivity index (χ1v) is 7.67. The molecule has 0 aliphatic rings. The first-order valence-electron chi connectivity index (χ1n) is 7.67. The van der Waals surface area contributed by atoms with Gasteiger partial charge in [-0.05, 0) is 23.8 Å². The molecule has 0 saturated carbocycles. The van der Waals surface area contributed by atoms with Crippen molar-refractivity contribution in [3.63, 3.8) is 0 Å². The number of rotatable bonds is 5. The van der Waals surface area contributed by atoms with E-state index in [1.807, 2.05) is 42.5 Å². The minimum absolute atomic E-state index is 0.0206. The highest BCUT2D eigenvalue weighted by molar-refractivity contribution is 5.79. The number of nitrogens with zero attached hydrogens (tertiary/aromatic N) is 4. The summed E-state index contributed by atoms with van der Waals surface area (Å²) in [4.78, 5) is 16.2. The molecule has 0 saturated heterocycles. The first kappa shape index (κ1) is 16.2. The molecule has 124 valence electrons. The van der Waals surface area contributed by atoms with Crippen molar-refractivity contribution >= 4 is 11.7 Å². The lowest BCUT2D eigenvalue weighted by Crippen LogP contribution is -2.25. The number of nitrogens with two attached hydrogens (primary N) is 1. The monoisotopic (exact) mass is 332 g/mol. The van der Waals surface area contributed by atoms with E-state index in [-0.39, 0.29) is 23.7 Å². The third kappa shape index (κ3) is 3.64. The molecule has 7 nitrogen and oxygen atoms in total. The van der Waals surface area contributed by atoms with Gasteiger partial charge in [0, 0.05) is 18.9 Å². The Bertz CT molecular complexity index is 912. The second kappa shape index (κ2) is 7.27. The molecule has 3 N–H and O–H groups in total. The molecule has 0 bridgehead atoms. The molecule has 7 heteroatoms. The number of hydrogen-bond acceptors (Lipinski definition) is 5. The van der Waals surface area contributed by atoms with Crippen molar-refractivity contribution in [2.45, 2.75) is 13.0 Å². The quantitative estimate of drug-likeness (QED) is 0.737. The summed E-state index contributed by atoms with van der Waals surface area (Å²) in [5, 5.41) is 16.5. The molecule has 0 aliphatic carbocycles. The Hall–Kier alpha value is -3.66. The Balaban J connectivity index is 1.76. The number of carbonyl (C=O) groups is 1. The standard InChI is InChI=1S/C18H16N6O/c19-10-15-16(9-17(25)22-12-13-5-4-8-21-11-13)23-24(18(15)20)14-6-2-1-3-7-14/h1-8,11H,9,12,20H2,(H,22,25). The van der Waals surface area contributed by atoms with Gasteiger partial charge in [0.2, 0.25) is 5.91 Å². The third-order valence-corrected chi connectivity index (χ3v) is 3.65. The number of benzene rings is 1. The fourth-order valence-electron chi connectivity index (χ4n) is 2.41.